The molecule has 0 unspecified atom stereocenters. The van der Waals surface area contributed by atoms with Gasteiger partial charge in [0.05, 0.1) is 10.7 Å². The molecule has 0 spiro atoms. The molecule has 0 aliphatic carbocycles. The molecule has 1 rings (SSSR count). The topological polar surface area (TPSA) is 75.6 Å². The Morgan fingerprint density at radius 1 is 1.29 bits per heavy atom. The first kappa shape index (κ1) is 13.8. The molecule has 5 nitrogen and oxygen atoms in total. The summed E-state index contributed by atoms with van der Waals surface area (Å²) in [5, 5.41) is 11.5. The molecule has 0 bridgehead atoms. The van der Waals surface area contributed by atoms with E-state index in [9.17, 15) is 9.59 Å². The zero-order chi connectivity index (χ0) is 12.8. The van der Waals surface area contributed by atoms with Gasteiger partial charge in [0.25, 0.3) is 0 Å². The van der Waals surface area contributed by atoms with Crippen LogP contribution in [-0.2, 0) is 14.3 Å². The highest BCUT2D eigenvalue weighted by molar-refractivity contribution is 6.35. The molecule has 0 fully saturated rings. The van der Waals surface area contributed by atoms with Gasteiger partial charge in [0.2, 0.25) is 5.91 Å². The van der Waals surface area contributed by atoms with Crippen molar-refractivity contribution in [2.75, 3.05) is 18.5 Å². The molecule has 0 saturated carbocycles. The number of anilines is 1. The van der Waals surface area contributed by atoms with Crippen molar-refractivity contribution in [3.8, 4) is 0 Å². The van der Waals surface area contributed by atoms with Gasteiger partial charge >= 0.3 is 5.97 Å². The number of hydrogen-bond donors (Lipinski definition) is 2. The van der Waals surface area contributed by atoms with E-state index in [4.69, 9.17) is 28.3 Å². The molecule has 0 aliphatic heterocycles. The van der Waals surface area contributed by atoms with E-state index in [1.165, 1.54) is 12.1 Å². The quantitative estimate of drug-likeness (QED) is 0.864. The van der Waals surface area contributed by atoms with Crippen molar-refractivity contribution >= 4 is 40.8 Å². The Hall–Kier alpha value is -1.30. The average Bonchev–Trinajstić information content (AvgIpc) is 2.23. The van der Waals surface area contributed by atoms with Crippen molar-refractivity contribution in [2.45, 2.75) is 0 Å². The molecule has 1 aromatic rings. The summed E-state index contributed by atoms with van der Waals surface area (Å²) in [5.41, 5.74) is 0.350. The summed E-state index contributed by atoms with van der Waals surface area (Å²) in [6, 6.07) is 4.61. The lowest BCUT2D eigenvalue weighted by Gasteiger charge is -2.07. The highest BCUT2D eigenvalue weighted by Gasteiger charge is 2.07. The van der Waals surface area contributed by atoms with Crippen LogP contribution in [0.4, 0.5) is 5.69 Å². The second kappa shape index (κ2) is 6.44. The number of benzene rings is 1. The van der Waals surface area contributed by atoms with Crippen molar-refractivity contribution in [2.24, 2.45) is 0 Å². The third-order valence-electron chi connectivity index (χ3n) is 1.66. The Morgan fingerprint density at radius 2 is 2.00 bits per heavy atom. The van der Waals surface area contributed by atoms with Crippen LogP contribution >= 0.6 is 23.2 Å². The summed E-state index contributed by atoms with van der Waals surface area (Å²) in [6.07, 6.45) is 0. The van der Waals surface area contributed by atoms with Gasteiger partial charge in [-0.15, -0.1) is 0 Å². The Kier molecular flexibility index (Phi) is 5.21. The lowest BCUT2D eigenvalue weighted by atomic mass is 10.3. The second-order valence-electron chi connectivity index (χ2n) is 3.06. The van der Waals surface area contributed by atoms with Crippen LogP contribution in [0.25, 0.3) is 0 Å². The summed E-state index contributed by atoms with van der Waals surface area (Å²) in [5.74, 6) is -1.64. The number of carboxylic acid groups (broad SMARTS) is 1. The Balaban J connectivity index is 2.50. The molecule has 7 heteroatoms. The molecule has 0 aromatic heterocycles. The fourth-order valence-electron chi connectivity index (χ4n) is 1.01. The highest BCUT2D eigenvalue weighted by Crippen LogP contribution is 2.25. The highest BCUT2D eigenvalue weighted by atomic mass is 35.5. The first-order chi connectivity index (χ1) is 7.99. The fraction of sp³-hybridized carbons (Fsp3) is 0.200. The van der Waals surface area contributed by atoms with Crippen molar-refractivity contribution < 1.29 is 19.4 Å². The van der Waals surface area contributed by atoms with E-state index in [0.29, 0.717) is 15.7 Å². The number of carbonyl (C=O) groups excluding carboxylic acids is 1. The first-order valence-corrected chi connectivity index (χ1v) is 5.29. The zero-order valence-corrected chi connectivity index (χ0v) is 10.1. The minimum absolute atomic E-state index is 0.334. The molecule has 92 valence electrons. The van der Waals surface area contributed by atoms with Gasteiger partial charge in [-0.2, -0.15) is 0 Å². The van der Waals surface area contributed by atoms with Gasteiger partial charge < -0.3 is 15.2 Å². The molecule has 0 saturated heterocycles. The lowest BCUT2D eigenvalue weighted by molar-refractivity contribution is -0.143. The van der Waals surface area contributed by atoms with Crippen LogP contribution in [0.1, 0.15) is 0 Å². The van der Waals surface area contributed by atoms with Crippen LogP contribution < -0.4 is 5.32 Å². The maximum Gasteiger partial charge on any atom is 0.329 e. The maximum absolute atomic E-state index is 11.3. The summed E-state index contributed by atoms with van der Waals surface area (Å²) in [4.78, 5) is 21.5. The van der Waals surface area contributed by atoms with E-state index in [2.05, 4.69) is 10.1 Å². The largest absolute Gasteiger partial charge is 0.480 e. The van der Waals surface area contributed by atoms with E-state index in [1.54, 1.807) is 6.07 Å². The van der Waals surface area contributed by atoms with Gasteiger partial charge in [0, 0.05) is 5.02 Å². The van der Waals surface area contributed by atoms with Crippen LogP contribution in [0.5, 0.6) is 0 Å². The average molecular weight is 278 g/mol. The van der Waals surface area contributed by atoms with E-state index in [1.807, 2.05) is 0 Å². The standard InChI is InChI=1S/C10H9Cl2NO4/c11-6-1-2-7(12)8(3-6)13-9(14)4-17-5-10(15)16/h1-3H,4-5H2,(H,13,14)(H,15,16). The maximum atomic E-state index is 11.3. The number of halogens is 2. The van der Waals surface area contributed by atoms with Crippen LogP contribution in [0, 0.1) is 0 Å². The minimum atomic E-state index is -1.14. The van der Waals surface area contributed by atoms with Crippen molar-refractivity contribution in [3.63, 3.8) is 0 Å². The van der Waals surface area contributed by atoms with Crippen LogP contribution in [0.15, 0.2) is 18.2 Å². The molecule has 0 aliphatic rings. The van der Waals surface area contributed by atoms with Crippen LogP contribution in [0.3, 0.4) is 0 Å². The molecule has 1 amide bonds. The molecular weight excluding hydrogens is 269 g/mol. The smallest absolute Gasteiger partial charge is 0.329 e. The summed E-state index contributed by atoms with van der Waals surface area (Å²) >= 11 is 11.5. The molecule has 1 aromatic carbocycles. The molecular formula is C10H9Cl2NO4. The molecule has 0 heterocycles. The Morgan fingerprint density at radius 3 is 2.65 bits per heavy atom. The number of amides is 1. The van der Waals surface area contributed by atoms with Crippen molar-refractivity contribution in [3.05, 3.63) is 28.2 Å². The monoisotopic (exact) mass is 277 g/mol. The van der Waals surface area contributed by atoms with Gasteiger partial charge in [0.15, 0.2) is 0 Å². The van der Waals surface area contributed by atoms with E-state index < -0.39 is 18.5 Å². The number of hydrogen-bond acceptors (Lipinski definition) is 3. The lowest BCUT2D eigenvalue weighted by Crippen LogP contribution is -2.20. The van der Waals surface area contributed by atoms with E-state index in [0.717, 1.165) is 0 Å². The number of rotatable bonds is 5. The van der Waals surface area contributed by atoms with Gasteiger partial charge in [0.1, 0.15) is 13.2 Å². The Labute approximate surface area is 107 Å². The second-order valence-corrected chi connectivity index (χ2v) is 3.90. The fourth-order valence-corrected chi connectivity index (χ4v) is 1.35. The third kappa shape index (κ3) is 5.04. The van der Waals surface area contributed by atoms with Crippen molar-refractivity contribution in [1.82, 2.24) is 0 Å². The van der Waals surface area contributed by atoms with Gasteiger partial charge in [-0.05, 0) is 18.2 Å². The van der Waals surface area contributed by atoms with Crippen LogP contribution in [0.2, 0.25) is 10.0 Å². The number of carboxylic acids is 1. The van der Waals surface area contributed by atoms with Gasteiger partial charge in [-0.1, -0.05) is 23.2 Å². The predicted molar refractivity (Wildman–Crippen MR) is 63.5 cm³/mol. The van der Waals surface area contributed by atoms with Crippen molar-refractivity contribution in [1.29, 1.82) is 0 Å². The summed E-state index contributed by atoms with van der Waals surface area (Å²) < 4.78 is 4.61. The SMILES string of the molecule is O=C(O)COCC(=O)Nc1cc(Cl)ccc1Cl. The number of aliphatic carboxylic acids is 1. The minimum Gasteiger partial charge on any atom is -0.480 e. The predicted octanol–water partition coefficient (Wildman–Crippen LogP) is 2.03. The van der Waals surface area contributed by atoms with E-state index >= 15 is 0 Å². The van der Waals surface area contributed by atoms with Crippen LogP contribution in [-0.4, -0.2) is 30.2 Å². The van der Waals surface area contributed by atoms with Gasteiger partial charge in [-0.3, -0.25) is 4.79 Å². The summed E-state index contributed by atoms with van der Waals surface area (Å²) in [6.45, 7) is -0.897. The molecule has 17 heavy (non-hydrogen) atoms. The number of ether oxygens (including phenoxy) is 1. The summed E-state index contributed by atoms with van der Waals surface area (Å²) in [7, 11) is 0. The molecule has 2 N–H and O–H groups in total. The van der Waals surface area contributed by atoms with Gasteiger partial charge in [-0.25, -0.2) is 4.79 Å². The normalized spacial score (nSPS) is 10.0. The number of nitrogens with one attached hydrogen (secondary N) is 1. The van der Waals surface area contributed by atoms with E-state index in [-0.39, 0.29) is 6.61 Å². The first-order valence-electron chi connectivity index (χ1n) is 4.53. The third-order valence-corrected chi connectivity index (χ3v) is 2.23. The number of carbonyl (C=O) groups is 2. The molecule has 0 radical (unpaired) electrons. The zero-order valence-electron chi connectivity index (χ0n) is 8.57. The Bertz CT molecular complexity index is 436. The molecule has 0 atom stereocenters.